The molecule has 0 unspecified atom stereocenters. The fraction of sp³-hybridized carbons (Fsp3) is 0.500. The van der Waals surface area contributed by atoms with Crippen LogP contribution in [0.25, 0.3) is 0 Å². The molecule has 0 N–H and O–H groups in total. The third-order valence-corrected chi connectivity index (χ3v) is 3.56. The number of methoxy groups -OCH3 is 1. The standard InChI is InChI=1S/C18H26O2/c1-5-8-16(9-6-7-10-19)12-17-13-18(20-4)15(3)11-14(17)2/h9-11,13H,5-8,12H2,1-4H3/b16-9+. The zero-order valence-electron chi connectivity index (χ0n) is 13.2. The molecule has 0 heterocycles. The van der Waals surface area contributed by atoms with E-state index in [1.165, 1.54) is 22.3 Å². The Morgan fingerprint density at radius 1 is 1.20 bits per heavy atom. The van der Waals surface area contributed by atoms with Crippen molar-refractivity contribution in [2.45, 2.75) is 52.9 Å². The molecule has 20 heavy (non-hydrogen) atoms. The number of rotatable bonds is 8. The molecule has 0 amide bonds. The average molecular weight is 274 g/mol. The van der Waals surface area contributed by atoms with E-state index in [1.807, 2.05) is 0 Å². The molecule has 0 aromatic heterocycles. The summed E-state index contributed by atoms with van der Waals surface area (Å²) < 4.78 is 5.41. The van der Waals surface area contributed by atoms with E-state index in [2.05, 4.69) is 39.0 Å². The number of benzene rings is 1. The molecule has 0 radical (unpaired) electrons. The van der Waals surface area contributed by atoms with Gasteiger partial charge in [-0.05, 0) is 55.9 Å². The van der Waals surface area contributed by atoms with E-state index >= 15 is 0 Å². The fourth-order valence-corrected chi connectivity index (χ4v) is 2.47. The largest absolute Gasteiger partial charge is 0.496 e. The van der Waals surface area contributed by atoms with Crippen molar-refractivity contribution in [2.24, 2.45) is 0 Å². The Morgan fingerprint density at radius 2 is 1.95 bits per heavy atom. The van der Waals surface area contributed by atoms with Gasteiger partial charge in [-0.1, -0.05) is 31.1 Å². The van der Waals surface area contributed by atoms with Crippen LogP contribution in [0, 0.1) is 13.8 Å². The molecule has 0 aliphatic heterocycles. The second kappa shape index (κ2) is 8.57. The Kier molecular flexibility index (Phi) is 7.06. The lowest BCUT2D eigenvalue weighted by Crippen LogP contribution is -1.97. The molecule has 0 aliphatic rings. The fourth-order valence-electron chi connectivity index (χ4n) is 2.47. The Bertz CT molecular complexity index is 473. The molecule has 1 rings (SSSR count). The van der Waals surface area contributed by atoms with Crippen LogP contribution < -0.4 is 4.74 Å². The molecule has 1 aromatic carbocycles. The van der Waals surface area contributed by atoms with Crippen LogP contribution in [0.2, 0.25) is 0 Å². The Morgan fingerprint density at radius 3 is 2.55 bits per heavy atom. The van der Waals surface area contributed by atoms with Crippen molar-refractivity contribution in [3.8, 4) is 5.75 Å². The topological polar surface area (TPSA) is 26.3 Å². The summed E-state index contributed by atoms with van der Waals surface area (Å²) in [5.41, 5.74) is 5.22. The van der Waals surface area contributed by atoms with E-state index in [0.29, 0.717) is 6.42 Å². The van der Waals surface area contributed by atoms with E-state index in [9.17, 15) is 4.79 Å². The minimum absolute atomic E-state index is 0.614. The smallest absolute Gasteiger partial charge is 0.122 e. The molecule has 0 saturated carbocycles. The number of carbonyl (C=O) groups excluding carboxylic acids is 1. The Balaban J connectivity index is 2.92. The van der Waals surface area contributed by atoms with Crippen molar-refractivity contribution in [1.29, 1.82) is 0 Å². The highest BCUT2D eigenvalue weighted by molar-refractivity contribution is 5.49. The van der Waals surface area contributed by atoms with E-state index in [1.54, 1.807) is 7.11 Å². The van der Waals surface area contributed by atoms with Crippen LogP contribution in [0.4, 0.5) is 0 Å². The number of aldehydes is 1. The van der Waals surface area contributed by atoms with E-state index in [4.69, 9.17) is 4.74 Å². The van der Waals surface area contributed by atoms with E-state index in [-0.39, 0.29) is 0 Å². The second-order valence-corrected chi connectivity index (χ2v) is 5.28. The summed E-state index contributed by atoms with van der Waals surface area (Å²) >= 11 is 0. The van der Waals surface area contributed by atoms with Gasteiger partial charge in [-0.2, -0.15) is 0 Å². The highest BCUT2D eigenvalue weighted by atomic mass is 16.5. The molecule has 0 spiro atoms. The van der Waals surface area contributed by atoms with Crippen molar-refractivity contribution >= 4 is 6.29 Å². The summed E-state index contributed by atoms with van der Waals surface area (Å²) in [7, 11) is 1.72. The van der Waals surface area contributed by atoms with Crippen LogP contribution in [0.5, 0.6) is 5.75 Å². The third-order valence-electron chi connectivity index (χ3n) is 3.56. The van der Waals surface area contributed by atoms with Crippen molar-refractivity contribution in [3.63, 3.8) is 0 Å². The van der Waals surface area contributed by atoms with E-state index in [0.717, 1.165) is 37.7 Å². The molecule has 0 aliphatic carbocycles. The lowest BCUT2D eigenvalue weighted by atomic mass is 9.95. The first-order chi connectivity index (χ1) is 9.62. The second-order valence-electron chi connectivity index (χ2n) is 5.28. The molecule has 0 atom stereocenters. The Hall–Kier alpha value is -1.57. The summed E-state index contributed by atoms with van der Waals surface area (Å²) in [4.78, 5) is 10.4. The SMILES string of the molecule is CCC/C(=C\CCC=O)Cc1cc(OC)c(C)cc1C. The van der Waals surface area contributed by atoms with Crippen LogP contribution in [0.3, 0.4) is 0 Å². The van der Waals surface area contributed by atoms with Crippen LogP contribution in [0.15, 0.2) is 23.8 Å². The molecule has 0 bridgehead atoms. The molecule has 0 saturated heterocycles. The van der Waals surface area contributed by atoms with Crippen LogP contribution in [-0.2, 0) is 11.2 Å². The first-order valence-corrected chi connectivity index (χ1v) is 7.38. The quantitative estimate of drug-likeness (QED) is 0.394. The predicted octanol–water partition coefficient (Wildman–Crippen LogP) is 4.56. The van der Waals surface area contributed by atoms with Crippen molar-refractivity contribution in [1.82, 2.24) is 0 Å². The maximum absolute atomic E-state index is 10.4. The van der Waals surface area contributed by atoms with Gasteiger partial charge in [0.2, 0.25) is 0 Å². The number of aryl methyl sites for hydroxylation is 2. The maximum atomic E-state index is 10.4. The lowest BCUT2D eigenvalue weighted by Gasteiger charge is -2.13. The average Bonchev–Trinajstić information content (AvgIpc) is 2.42. The molecular weight excluding hydrogens is 248 g/mol. The van der Waals surface area contributed by atoms with Crippen molar-refractivity contribution in [3.05, 3.63) is 40.5 Å². The summed E-state index contributed by atoms with van der Waals surface area (Å²) in [6.45, 7) is 6.41. The predicted molar refractivity (Wildman–Crippen MR) is 84.5 cm³/mol. The van der Waals surface area contributed by atoms with Crippen molar-refractivity contribution in [2.75, 3.05) is 7.11 Å². The zero-order valence-corrected chi connectivity index (χ0v) is 13.2. The van der Waals surface area contributed by atoms with Gasteiger partial charge in [-0.3, -0.25) is 0 Å². The Labute approximate surface area is 122 Å². The van der Waals surface area contributed by atoms with Gasteiger partial charge in [0.15, 0.2) is 0 Å². The normalized spacial score (nSPS) is 11.5. The van der Waals surface area contributed by atoms with E-state index < -0.39 is 0 Å². The monoisotopic (exact) mass is 274 g/mol. The molecule has 2 heteroatoms. The third kappa shape index (κ3) is 4.84. The van der Waals surface area contributed by atoms with Gasteiger partial charge in [-0.25, -0.2) is 0 Å². The van der Waals surface area contributed by atoms with Gasteiger partial charge >= 0.3 is 0 Å². The first kappa shape index (κ1) is 16.5. The number of unbranched alkanes of at least 4 members (excludes halogenated alkanes) is 1. The van der Waals surface area contributed by atoms with Crippen LogP contribution in [0.1, 0.15) is 49.3 Å². The zero-order chi connectivity index (χ0) is 15.0. The number of carbonyl (C=O) groups is 1. The summed E-state index contributed by atoms with van der Waals surface area (Å²) in [5.74, 6) is 0.953. The minimum Gasteiger partial charge on any atom is -0.496 e. The molecule has 0 fully saturated rings. The maximum Gasteiger partial charge on any atom is 0.122 e. The number of allylic oxidation sites excluding steroid dienone is 2. The van der Waals surface area contributed by atoms with Gasteiger partial charge in [-0.15, -0.1) is 0 Å². The van der Waals surface area contributed by atoms with Crippen LogP contribution in [-0.4, -0.2) is 13.4 Å². The summed E-state index contributed by atoms with van der Waals surface area (Å²) in [6, 6.07) is 4.33. The summed E-state index contributed by atoms with van der Waals surface area (Å²) in [6.07, 6.45) is 7.85. The highest BCUT2D eigenvalue weighted by Crippen LogP contribution is 2.25. The number of hydrogen-bond acceptors (Lipinski definition) is 2. The number of hydrogen-bond donors (Lipinski definition) is 0. The lowest BCUT2D eigenvalue weighted by molar-refractivity contribution is -0.107. The summed E-state index contributed by atoms with van der Waals surface area (Å²) in [5, 5.41) is 0. The first-order valence-electron chi connectivity index (χ1n) is 7.38. The molecule has 1 aromatic rings. The van der Waals surface area contributed by atoms with Gasteiger partial charge in [0.25, 0.3) is 0 Å². The van der Waals surface area contributed by atoms with Gasteiger partial charge in [0, 0.05) is 6.42 Å². The molecular formula is C18H26O2. The molecule has 110 valence electrons. The minimum atomic E-state index is 0.614. The molecule has 2 nitrogen and oxygen atoms in total. The van der Waals surface area contributed by atoms with Gasteiger partial charge < -0.3 is 9.53 Å². The number of ether oxygens (including phenoxy) is 1. The van der Waals surface area contributed by atoms with Crippen molar-refractivity contribution < 1.29 is 9.53 Å². The van der Waals surface area contributed by atoms with Crippen LogP contribution >= 0.6 is 0 Å². The highest BCUT2D eigenvalue weighted by Gasteiger charge is 2.07. The van der Waals surface area contributed by atoms with Gasteiger partial charge in [0.05, 0.1) is 7.11 Å². The van der Waals surface area contributed by atoms with Gasteiger partial charge in [0.1, 0.15) is 12.0 Å².